The second kappa shape index (κ2) is 17.0. The molecule has 0 unspecified atom stereocenters. The highest BCUT2D eigenvalue weighted by atomic mass is 16.2. The first-order valence-corrected chi connectivity index (χ1v) is 8.04. The Morgan fingerprint density at radius 3 is 1.74 bits per heavy atom. The van der Waals surface area contributed by atoms with Crippen molar-refractivity contribution in [2.24, 2.45) is 0 Å². The minimum Gasteiger partial charge on any atom is -0.516 e. The van der Waals surface area contributed by atoms with Crippen molar-refractivity contribution in [3.63, 3.8) is 0 Å². The van der Waals surface area contributed by atoms with Gasteiger partial charge in [-0.1, -0.05) is 89.0 Å². The van der Waals surface area contributed by atoms with Crippen molar-refractivity contribution < 1.29 is 5.11 Å². The van der Waals surface area contributed by atoms with E-state index in [0.717, 1.165) is 6.26 Å². The number of hydrogen-bond acceptors (Lipinski definition) is 1. The minimum atomic E-state index is 1.05. The lowest BCUT2D eigenvalue weighted by Gasteiger charge is -2.01. The van der Waals surface area contributed by atoms with Gasteiger partial charge in [-0.25, -0.2) is 0 Å². The molecule has 0 rings (SSSR count). The zero-order chi connectivity index (χ0) is 14.0. The molecule has 0 aromatic carbocycles. The molecule has 1 heteroatoms. The van der Waals surface area contributed by atoms with Crippen LogP contribution in [-0.2, 0) is 0 Å². The van der Waals surface area contributed by atoms with Gasteiger partial charge in [0.2, 0.25) is 0 Å². The summed E-state index contributed by atoms with van der Waals surface area (Å²) in [5, 5.41) is 8.41. The molecular formula is C18H32O. The fraction of sp³-hybridized carbons (Fsp3) is 0.667. The summed E-state index contributed by atoms with van der Waals surface area (Å²) in [4.78, 5) is 0. The van der Waals surface area contributed by atoms with Gasteiger partial charge in [-0.2, -0.15) is 0 Å². The van der Waals surface area contributed by atoms with E-state index in [2.05, 4.69) is 13.0 Å². The van der Waals surface area contributed by atoms with E-state index >= 15 is 0 Å². The smallest absolute Gasteiger partial charge is 0.0791 e. The van der Waals surface area contributed by atoms with Gasteiger partial charge in [0.1, 0.15) is 0 Å². The van der Waals surface area contributed by atoms with Crippen LogP contribution >= 0.6 is 0 Å². The van der Waals surface area contributed by atoms with Crippen molar-refractivity contribution in [3.8, 4) is 0 Å². The Kier molecular flexibility index (Phi) is 16.1. The molecule has 0 atom stereocenters. The maximum atomic E-state index is 8.41. The average molecular weight is 264 g/mol. The van der Waals surface area contributed by atoms with Crippen LogP contribution < -0.4 is 0 Å². The van der Waals surface area contributed by atoms with E-state index in [0.29, 0.717) is 0 Å². The van der Waals surface area contributed by atoms with Crippen molar-refractivity contribution in [1.82, 2.24) is 0 Å². The van der Waals surface area contributed by atoms with Gasteiger partial charge in [0, 0.05) is 0 Å². The van der Waals surface area contributed by atoms with Crippen molar-refractivity contribution >= 4 is 0 Å². The molecule has 0 aliphatic rings. The summed E-state index contributed by atoms with van der Waals surface area (Å²) in [6, 6.07) is 0. The van der Waals surface area contributed by atoms with Crippen LogP contribution in [0.3, 0.4) is 0 Å². The number of aliphatic hydroxyl groups excluding tert-OH is 1. The van der Waals surface area contributed by atoms with Gasteiger partial charge in [-0.3, -0.25) is 0 Å². The van der Waals surface area contributed by atoms with Gasteiger partial charge in [0.05, 0.1) is 6.26 Å². The maximum Gasteiger partial charge on any atom is 0.0791 e. The Morgan fingerprint density at radius 1 is 0.632 bits per heavy atom. The molecule has 19 heavy (non-hydrogen) atoms. The first-order valence-electron chi connectivity index (χ1n) is 8.04. The number of hydrogen-bond donors (Lipinski definition) is 1. The molecule has 0 aliphatic carbocycles. The Balaban J connectivity index is 3.10. The van der Waals surface area contributed by atoms with Crippen LogP contribution in [-0.4, -0.2) is 5.11 Å². The highest BCUT2D eigenvalue weighted by molar-refractivity contribution is 5.09. The Hall–Kier alpha value is -0.980. The monoisotopic (exact) mass is 264 g/mol. The van der Waals surface area contributed by atoms with Crippen molar-refractivity contribution in [2.45, 2.75) is 77.6 Å². The van der Waals surface area contributed by atoms with Crippen LogP contribution in [0.1, 0.15) is 77.6 Å². The third kappa shape index (κ3) is 17.0. The maximum absolute atomic E-state index is 8.41. The van der Waals surface area contributed by atoms with Crippen LogP contribution in [0.15, 0.2) is 36.6 Å². The fourth-order valence-electron chi connectivity index (χ4n) is 2.10. The SMILES string of the molecule is CCCCCCCCCCCCC=CC=C/C=C\O. The fourth-order valence-corrected chi connectivity index (χ4v) is 2.10. The number of allylic oxidation sites excluding steroid dienone is 5. The quantitative estimate of drug-likeness (QED) is 0.229. The van der Waals surface area contributed by atoms with E-state index in [4.69, 9.17) is 5.11 Å². The first-order chi connectivity index (χ1) is 9.41. The summed E-state index contributed by atoms with van der Waals surface area (Å²) in [6.45, 7) is 2.27. The van der Waals surface area contributed by atoms with Crippen LogP contribution in [0.4, 0.5) is 0 Å². The van der Waals surface area contributed by atoms with Crippen molar-refractivity contribution in [2.75, 3.05) is 0 Å². The lowest BCUT2D eigenvalue weighted by Crippen LogP contribution is -1.81. The molecule has 0 fully saturated rings. The highest BCUT2D eigenvalue weighted by Crippen LogP contribution is 2.11. The Morgan fingerprint density at radius 2 is 1.16 bits per heavy atom. The van der Waals surface area contributed by atoms with E-state index in [1.165, 1.54) is 70.6 Å². The number of unbranched alkanes of at least 4 members (excludes halogenated alkanes) is 10. The molecule has 0 amide bonds. The zero-order valence-electron chi connectivity index (χ0n) is 12.7. The molecule has 0 bridgehead atoms. The molecule has 0 heterocycles. The molecule has 1 N–H and O–H groups in total. The standard InChI is InChI=1S/C18H32O/c1-2-3-4-5-6-7-8-9-10-11-12-13-14-15-16-17-18-19/h13-19H,2-12H2,1H3/b14-13?,16-15?,18-17-. The number of rotatable bonds is 13. The second-order valence-corrected chi connectivity index (χ2v) is 5.13. The molecule has 0 radical (unpaired) electrons. The molecular weight excluding hydrogens is 232 g/mol. The van der Waals surface area contributed by atoms with Crippen LogP contribution in [0.5, 0.6) is 0 Å². The average Bonchev–Trinajstić information content (AvgIpc) is 2.43. The van der Waals surface area contributed by atoms with Crippen LogP contribution in [0.25, 0.3) is 0 Å². The molecule has 1 nitrogen and oxygen atoms in total. The van der Waals surface area contributed by atoms with Gasteiger partial charge in [0.25, 0.3) is 0 Å². The molecule has 0 aromatic heterocycles. The van der Waals surface area contributed by atoms with E-state index in [1.807, 2.05) is 18.2 Å². The Bertz CT molecular complexity index is 238. The first kappa shape index (κ1) is 18.0. The van der Waals surface area contributed by atoms with Crippen molar-refractivity contribution in [3.05, 3.63) is 36.6 Å². The summed E-state index contributed by atoms with van der Waals surface area (Å²) >= 11 is 0. The van der Waals surface area contributed by atoms with E-state index in [-0.39, 0.29) is 0 Å². The normalized spacial score (nSPS) is 12.3. The number of aliphatic hydroxyl groups is 1. The van der Waals surface area contributed by atoms with Gasteiger partial charge >= 0.3 is 0 Å². The molecule has 0 aliphatic heterocycles. The third-order valence-corrected chi connectivity index (χ3v) is 3.28. The molecule has 0 saturated heterocycles. The summed E-state index contributed by atoms with van der Waals surface area (Å²) in [5.74, 6) is 0. The summed E-state index contributed by atoms with van der Waals surface area (Å²) in [6.07, 6.45) is 25.8. The summed E-state index contributed by atoms with van der Waals surface area (Å²) < 4.78 is 0. The third-order valence-electron chi connectivity index (χ3n) is 3.28. The highest BCUT2D eigenvalue weighted by Gasteiger charge is 1.91. The molecule has 0 spiro atoms. The van der Waals surface area contributed by atoms with Crippen LogP contribution in [0, 0.1) is 0 Å². The van der Waals surface area contributed by atoms with Crippen LogP contribution in [0.2, 0.25) is 0 Å². The van der Waals surface area contributed by atoms with Gasteiger partial charge in [-0.15, -0.1) is 0 Å². The second-order valence-electron chi connectivity index (χ2n) is 5.13. The zero-order valence-corrected chi connectivity index (χ0v) is 12.7. The topological polar surface area (TPSA) is 20.2 Å². The van der Waals surface area contributed by atoms with E-state index in [9.17, 15) is 0 Å². The Labute approximate surface area is 120 Å². The van der Waals surface area contributed by atoms with E-state index in [1.54, 1.807) is 6.08 Å². The predicted molar refractivity (Wildman–Crippen MR) is 86.5 cm³/mol. The van der Waals surface area contributed by atoms with Gasteiger partial charge in [-0.05, 0) is 18.9 Å². The summed E-state index contributed by atoms with van der Waals surface area (Å²) in [7, 11) is 0. The van der Waals surface area contributed by atoms with Crippen molar-refractivity contribution in [1.29, 1.82) is 0 Å². The largest absolute Gasteiger partial charge is 0.516 e. The van der Waals surface area contributed by atoms with Gasteiger partial charge < -0.3 is 5.11 Å². The predicted octanol–water partition coefficient (Wildman–Crippen LogP) is 6.48. The van der Waals surface area contributed by atoms with Gasteiger partial charge in [0.15, 0.2) is 0 Å². The van der Waals surface area contributed by atoms with E-state index < -0.39 is 0 Å². The lowest BCUT2D eigenvalue weighted by molar-refractivity contribution is 0.474. The molecule has 0 aromatic rings. The summed E-state index contributed by atoms with van der Waals surface area (Å²) in [5.41, 5.74) is 0. The lowest BCUT2D eigenvalue weighted by atomic mass is 10.1. The molecule has 0 saturated carbocycles. The molecule has 110 valence electrons. The minimum absolute atomic E-state index is 1.05.